The van der Waals surface area contributed by atoms with Gasteiger partial charge in [0.2, 0.25) is 0 Å². The summed E-state index contributed by atoms with van der Waals surface area (Å²) in [4.78, 5) is 9.79. The van der Waals surface area contributed by atoms with Crippen LogP contribution in [0.4, 0.5) is 5.69 Å². The second-order valence-corrected chi connectivity index (χ2v) is 5.19. The van der Waals surface area contributed by atoms with Crippen molar-refractivity contribution in [1.29, 1.82) is 0 Å². The van der Waals surface area contributed by atoms with Crippen LogP contribution < -0.4 is 4.90 Å². The number of nitrogens with zero attached hydrogens (tertiary/aromatic N) is 2. The van der Waals surface area contributed by atoms with E-state index in [0.29, 0.717) is 4.64 Å². The lowest BCUT2D eigenvalue weighted by molar-refractivity contribution is 0.833. The lowest BCUT2D eigenvalue weighted by Crippen LogP contribution is -2.08. The minimum Gasteiger partial charge on any atom is -0.378 e. The van der Waals surface area contributed by atoms with E-state index in [0.717, 1.165) is 29.9 Å². The summed E-state index contributed by atoms with van der Waals surface area (Å²) in [5, 5.41) is 0. The van der Waals surface area contributed by atoms with Crippen molar-refractivity contribution in [3.05, 3.63) is 40.8 Å². The highest BCUT2D eigenvalue weighted by Crippen LogP contribution is 2.21. The van der Waals surface area contributed by atoms with E-state index in [1.807, 2.05) is 20.2 Å². The van der Waals surface area contributed by atoms with E-state index in [2.05, 4.69) is 46.1 Å². The van der Waals surface area contributed by atoms with E-state index in [-0.39, 0.29) is 0 Å². The highest BCUT2D eigenvalue weighted by Gasteiger charge is 2.02. The van der Waals surface area contributed by atoms with Gasteiger partial charge in [-0.1, -0.05) is 31.3 Å². The number of aromatic amines is 1. The molecule has 4 heteroatoms. The minimum atomic E-state index is 0.647. The molecule has 1 N–H and O–H groups in total. The average molecular weight is 273 g/mol. The number of anilines is 1. The van der Waals surface area contributed by atoms with Crippen molar-refractivity contribution in [2.75, 3.05) is 19.0 Å². The van der Waals surface area contributed by atoms with Crippen LogP contribution in [0.15, 0.2) is 30.3 Å². The molecule has 100 valence electrons. The van der Waals surface area contributed by atoms with Gasteiger partial charge in [-0.2, -0.15) is 0 Å². The quantitative estimate of drug-likeness (QED) is 0.859. The molecule has 1 aromatic heterocycles. The van der Waals surface area contributed by atoms with Crippen molar-refractivity contribution >= 4 is 17.9 Å². The van der Waals surface area contributed by atoms with Crippen LogP contribution in [0.5, 0.6) is 0 Å². The second-order valence-electron chi connectivity index (χ2n) is 4.77. The van der Waals surface area contributed by atoms with Gasteiger partial charge in [-0.15, -0.1) is 0 Å². The highest BCUT2D eigenvalue weighted by molar-refractivity contribution is 7.71. The SMILES string of the molecule is CCCc1nc(=S)cc(-c2ccc(N(C)C)cc2)[nH]1. The number of hydrogen-bond donors (Lipinski definition) is 1. The van der Waals surface area contributed by atoms with Gasteiger partial charge in [0.1, 0.15) is 10.5 Å². The second kappa shape index (κ2) is 5.97. The molecule has 0 aliphatic carbocycles. The maximum Gasteiger partial charge on any atom is 0.130 e. The van der Waals surface area contributed by atoms with E-state index in [9.17, 15) is 0 Å². The van der Waals surface area contributed by atoms with Crippen LogP contribution in [0.1, 0.15) is 19.2 Å². The van der Waals surface area contributed by atoms with Crippen LogP contribution >= 0.6 is 12.2 Å². The fraction of sp³-hybridized carbons (Fsp3) is 0.333. The smallest absolute Gasteiger partial charge is 0.130 e. The number of rotatable bonds is 4. The topological polar surface area (TPSA) is 31.9 Å². The molecule has 0 radical (unpaired) electrons. The van der Waals surface area contributed by atoms with Gasteiger partial charge < -0.3 is 9.88 Å². The van der Waals surface area contributed by atoms with Crippen molar-refractivity contribution in [2.45, 2.75) is 19.8 Å². The molecular weight excluding hydrogens is 254 g/mol. The van der Waals surface area contributed by atoms with Crippen molar-refractivity contribution in [3.63, 3.8) is 0 Å². The first-order valence-electron chi connectivity index (χ1n) is 6.48. The fourth-order valence-electron chi connectivity index (χ4n) is 1.96. The maximum atomic E-state index is 5.23. The first-order valence-corrected chi connectivity index (χ1v) is 6.89. The molecule has 0 fully saturated rings. The predicted molar refractivity (Wildman–Crippen MR) is 83.2 cm³/mol. The van der Waals surface area contributed by atoms with Crippen LogP contribution in [0.2, 0.25) is 0 Å². The van der Waals surface area contributed by atoms with E-state index in [1.54, 1.807) is 0 Å². The molecule has 0 aliphatic heterocycles. The third kappa shape index (κ3) is 3.41. The number of aryl methyl sites for hydroxylation is 1. The van der Waals surface area contributed by atoms with Gasteiger partial charge in [-0.3, -0.25) is 0 Å². The molecule has 3 nitrogen and oxygen atoms in total. The molecule has 0 bridgehead atoms. The molecule has 1 heterocycles. The summed E-state index contributed by atoms with van der Waals surface area (Å²) in [5.41, 5.74) is 3.36. The first kappa shape index (κ1) is 13.7. The number of H-pyrrole nitrogens is 1. The number of benzene rings is 1. The summed E-state index contributed by atoms with van der Waals surface area (Å²) >= 11 is 5.23. The van der Waals surface area contributed by atoms with Crippen LogP contribution in [-0.4, -0.2) is 24.1 Å². The van der Waals surface area contributed by atoms with Crippen molar-refractivity contribution in [1.82, 2.24) is 9.97 Å². The third-order valence-corrected chi connectivity index (χ3v) is 3.18. The minimum absolute atomic E-state index is 0.647. The number of aromatic nitrogens is 2. The van der Waals surface area contributed by atoms with Gasteiger partial charge in [0, 0.05) is 31.9 Å². The van der Waals surface area contributed by atoms with Gasteiger partial charge in [0.15, 0.2) is 0 Å². The number of nitrogens with one attached hydrogen (secondary N) is 1. The van der Waals surface area contributed by atoms with Gasteiger partial charge in [-0.05, 0) is 30.2 Å². The molecule has 1 aromatic carbocycles. The van der Waals surface area contributed by atoms with Gasteiger partial charge in [0.25, 0.3) is 0 Å². The molecule has 2 aromatic rings. The van der Waals surface area contributed by atoms with Gasteiger partial charge in [-0.25, -0.2) is 4.98 Å². The van der Waals surface area contributed by atoms with E-state index < -0.39 is 0 Å². The van der Waals surface area contributed by atoms with Gasteiger partial charge >= 0.3 is 0 Å². The Hall–Kier alpha value is -1.68. The summed E-state index contributed by atoms with van der Waals surface area (Å²) in [6.07, 6.45) is 1.98. The van der Waals surface area contributed by atoms with Crippen molar-refractivity contribution in [3.8, 4) is 11.3 Å². The monoisotopic (exact) mass is 273 g/mol. The lowest BCUT2D eigenvalue weighted by atomic mass is 10.1. The zero-order valence-corrected chi connectivity index (χ0v) is 12.4. The van der Waals surface area contributed by atoms with Crippen molar-refractivity contribution in [2.24, 2.45) is 0 Å². The van der Waals surface area contributed by atoms with Gasteiger partial charge in [0.05, 0.1) is 0 Å². The van der Waals surface area contributed by atoms with Crippen LogP contribution in [0, 0.1) is 4.64 Å². The van der Waals surface area contributed by atoms with Crippen LogP contribution in [0.3, 0.4) is 0 Å². The Kier molecular flexibility index (Phi) is 4.32. The Morgan fingerprint density at radius 1 is 1.21 bits per heavy atom. The predicted octanol–water partition coefficient (Wildman–Crippen LogP) is 3.82. The largest absolute Gasteiger partial charge is 0.378 e. The first-order chi connectivity index (χ1) is 9.10. The fourth-order valence-corrected chi connectivity index (χ4v) is 2.19. The molecule has 19 heavy (non-hydrogen) atoms. The molecular formula is C15H19N3S. The summed E-state index contributed by atoms with van der Waals surface area (Å²) in [5.74, 6) is 0.960. The molecule has 0 atom stereocenters. The summed E-state index contributed by atoms with van der Waals surface area (Å²) in [6.45, 7) is 2.14. The average Bonchev–Trinajstić information content (AvgIpc) is 2.38. The van der Waals surface area contributed by atoms with E-state index in [1.165, 1.54) is 5.69 Å². The third-order valence-electron chi connectivity index (χ3n) is 2.97. The van der Waals surface area contributed by atoms with Crippen LogP contribution in [-0.2, 0) is 6.42 Å². The van der Waals surface area contributed by atoms with Crippen molar-refractivity contribution < 1.29 is 0 Å². The Morgan fingerprint density at radius 2 is 1.89 bits per heavy atom. The number of hydrogen-bond acceptors (Lipinski definition) is 3. The van der Waals surface area contributed by atoms with E-state index >= 15 is 0 Å². The standard InChI is InChI=1S/C15H19N3S/c1-4-5-14-16-13(10-15(19)17-14)11-6-8-12(9-7-11)18(2)3/h6-10H,4-5H2,1-3H3,(H,16,17,19). The summed E-state index contributed by atoms with van der Waals surface area (Å²) in [7, 11) is 4.07. The Morgan fingerprint density at radius 3 is 2.47 bits per heavy atom. The summed E-state index contributed by atoms with van der Waals surface area (Å²) < 4.78 is 0.647. The zero-order valence-electron chi connectivity index (χ0n) is 11.6. The molecule has 0 aliphatic rings. The molecule has 0 saturated heterocycles. The highest BCUT2D eigenvalue weighted by atomic mass is 32.1. The molecule has 0 spiro atoms. The Bertz CT molecular complexity index is 600. The van der Waals surface area contributed by atoms with E-state index in [4.69, 9.17) is 12.2 Å². The lowest BCUT2D eigenvalue weighted by Gasteiger charge is -2.13. The zero-order chi connectivity index (χ0) is 13.8. The Labute approximate surface area is 119 Å². The summed E-state index contributed by atoms with van der Waals surface area (Å²) in [6, 6.07) is 10.3. The van der Waals surface area contributed by atoms with Crippen LogP contribution in [0.25, 0.3) is 11.3 Å². The maximum absolute atomic E-state index is 5.23. The Balaban J connectivity index is 2.38. The molecule has 0 saturated carbocycles. The molecule has 0 amide bonds. The molecule has 0 unspecified atom stereocenters. The molecule has 2 rings (SSSR count). The normalized spacial score (nSPS) is 10.5.